The normalized spacial score (nSPS) is 23.1. The van der Waals surface area contributed by atoms with Gasteiger partial charge < -0.3 is 15.1 Å². The minimum Gasteiger partial charge on any atom is -0.326 e. The van der Waals surface area contributed by atoms with Gasteiger partial charge in [-0.3, -0.25) is 0 Å². The van der Waals surface area contributed by atoms with E-state index in [1.807, 2.05) is 16.8 Å². The van der Waals surface area contributed by atoms with E-state index in [1.165, 1.54) is 25.7 Å². The van der Waals surface area contributed by atoms with Crippen LogP contribution in [-0.4, -0.2) is 55.1 Å². The first-order valence-electron chi connectivity index (χ1n) is 7.45. The zero-order valence-electron chi connectivity index (χ0n) is 11.8. The quantitative estimate of drug-likeness (QED) is 0.785. The molecule has 1 N–H and O–H groups in total. The fraction of sp³-hybridized carbons (Fsp3) is 0.929. The molecule has 4 nitrogen and oxygen atoms in total. The Kier molecular flexibility index (Phi) is 4.87. The van der Waals surface area contributed by atoms with Crippen LogP contribution in [0.3, 0.4) is 0 Å². The molecular weight excluding hydrogens is 226 g/mol. The monoisotopic (exact) mass is 253 g/mol. The Morgan fingerprint density at radius 3 is 2.61 bits per heavy atom. The largest absolute Gasteiger partial charge is 0.326 e. The van der Waals surface area contributed by atoms with Crippen LogP contribution in [0, 0.1) is 5.92 Å². The van der Waals surface area contributed by atoms with Crippen LogP contribution < -0.4 is 5.32 Å². The van der Waals surface area contributed by atoms with Crippen molar-refractivity contribution in [2.24, 2.45) is 5.92 Å². The predicted molar refractivity (Wildman–Crippen MR) is 73.6 cm³/mol. The zero-order valence-corrected chi connectivity index (χ0v) is 11.8. The smallest absolute Gasteiger partial charge is 0.319 e. The van der Waals surface area contributed by atoms with Gasteiger partial charge >= 0.3 is 6.03 Å². The van der Waals surface area contributed by atoms with Gasteiger partial charge in [0, 0.05) is 32.7 Å². The Labute approximate surface area is 111 Å². The molecule has 0 aromatic rings. The summed E-state index contributed by atoms with van der Waals surface area (Å²) < 4.78 is 0. The van der Waals surface area contributed by atoms with Crippen molar-refractivity contribution in [1.29, 1.82) is 0 Å². The fourth-order valence-electron chi connectivity index (χ4n) is 3.18. The number of nitrogens with zero attached hydrogens (tertiary/aromatic N) is 2. The number of carbonyl (C=O) groups is 1. The van der Waals surface area contributed by atoms with Crippen LogP contribution >= 0.6 is 0 Å². The Morgan fingerprint density at radius 1 is 1.33 bits per heavy atom. The van der Waals surface area contributed by atoms with Gasteiger partial charge in [-0.15, -0.1) is 0 Å². The lowest BCUT2D eigenvalue weighted by molar-refractivity contribution is 0.187. The number of urea groups is 1. The maximum absolute atomic E-state index is 12.0. The molecule has 4 heteroatoms. The minimum absolute atomic E-state index is 0.205. The summed E-state index contributed by atoms with van der Waals surface area (Å²) in [6.45, 7) is 5.94. The highest BCUT2D eigenvalue weighted by Crippen LogP contribution is 2.28. The highest BCUT2D eigenvalue weighted by molar-refractivity contribution is 5.76. The van der Waals surface area contributed by atoms with E-state index in [2.05, 4.69) is 12.2 Å². The second kappa shape index (κ2) is 6.41. The van der Waals surface area contributed by atoms with E-state index >= 15 is 0 Å². The molecule has 2 aliphatic rings. The molecule has 1 heterocycles. The minimum atomic E-state index is 0.205. The third-order valence-electron chi connectivity index (χ3n) is 4.34. The molecule has 1 saturated heterocycles. The number of carbonyl (C=O) groups excluding carboxylic acids is 1. The molecule has 0 bridgehead atoms. The van der Waals surface area contributed by atoms with E-state index in [1.54, 1.807) is 0 Å². The van der Waals surface area contributed by atoms with Crippen molar-refractivity contribution >= 4 is 6.03 Å². The molecule has 0 spiro atoms. The summed E-state index contributed by atoms with van der Waals surface area (Å²) in [6, 6.07) is 0.708. The first-order valence-corrected chi connectivity index (χ1v) is 7.45. The van der Waals surface area contributed by atoms with E-state index in [0.29, 0.717) is 6.04 Å². The summed E-state index contributed by atoms with van der Waals surface area (Å²) in [5.41, 5.74) is 0. The van der Waals surface area contributed by atoms with Crippen molar-refractivity contribution in [2.45, 2.75) is 45.1 Å². The third kappa shape index (κ3) is 3.16. The highest BCUT2D eigenvalue weighted by atomic mass is 16.2. The topological polar surface area (TPSA) is 35.6 Å². The van der Waals surface area contributed by atoms with E-state index in [9.17, 15) is 4.79 Å². The van der Waals surface area contributed by atoms with Gasteiger partial charge in [-0.1, -0.05) is 19.8 Å². The first-order chi connectivity index (χ1) is 8.72. The Hall–Kier alpha value is -0.770. The van der Waals surface area contributed by atoms with Crippen LogP contribution in [0.4, 0.5) is 4.79 Å². The number of rotatable bonds is 6. The molecule has 104 valence electrons. The van der Waals surface area contributed by atoms with Gasteiger partial charge in [-0.25, -0.2) is 4.79 Å². The molecule has 2 fully saturated rings. The van der Waals surface area contributed by atoms with Crippen molar-refractivity contribution in [3.05, 3.63) is 0 Å². The van der Waals surface area contributed by atoms with Gasteiger partial charge in [-0.05, 0) is 31.7 Å². The maximum Gasteiger partial charge on any atom is 0.319 e. The number of nitrogens with one attached hydrogen (secondary N) is 1. The lowest BCUT2D eigenvalue weighted by atomic mass is 9.97. The Balaban J connectivity index is 1.89. The number of hydrogen-bond donors (Lipinski definition) is 1. The lowest BCUT2D eigenvalue weighted by Crippen LogP contribution is -2.46. The Morgan fingerprint density at radius 2 is 2.06 bits per heavy atom. The zero-order chi connectivity index (χ0) is 13.0. The Bertz CT molecular complexity index is 276. The molecular formula is C14H27N3O. The van der Waals surface area contributed by atoms with Gasteiger partial charge in [0.05, 0.1) is 0 Å². The van der Waals surface area contributed by atoms with Crippen molar-refractivity contribution in [1.82, 2.24) is 15.1 Å². The van der Waals surface area contributed by atoms with Crippen molar-refractivity contribution in [3.63, 3.8) is 0 Å². The molecule has 1 saturated carbocycles. The van der Waals surface area contributed by atoms with Gasteiger partial charge in [0.25, 0.3) is 0 Å². The van der Waals surface area contributed by atoms with Gasteiger partial charge in [0.1, 0.15) is 0 Å². The van der Waals surface area contributed by atoms with Gasteiger partial charge in [0.2, 0.25) is 0 Å². The molecule has 2 rings (SSSR count). The standard InChI is InChI=1S/C14H27N3O/c1-3-8-15-13(12-6-4-5-7-12)11-17-10-9-16(2)14(17)18/h12-13,15H,3-11H2,1-2H3. The summed E-state index contributed by atoms with van der Waals surface area (Å²) in [5, 5.41) is 3.66. The van der Waals surface area contributed by atoms with Crippen LogP contribution in [0.25, 0.3) is 0 Å². The van der Waals surface area contributed by atoms with Crippen LogP contribution in [0.5, 0.6) is 0 Å². The van der Waals surface area contributed by atoms with Crippen LogP contribution in [0.1, 0.15) is 39.0 Å². The molecule has 0 aromatic heterocycles. The van der Waals surface area contributed by atoms with Gasteiger partial charge in [0.15, 0.2) is 0 Å². The summed E-state index contributed by atoms with van der Waals surface area (Å²) in [5.74, 6) is 0.773. The van der Waals surface area contributed by atoms with Crippen molar-refractivity contribution in [3.8, 4) is 0 Å². The molecule has 0 radical (unpaired) electrons. The molecule has 1 aliphatic heterocycles. The van der Waals surface area contributed by atoms with E-state index in [0.717, 1.165) is 38.5 Å². The van der Waals surface area contributed by atoms with Crippen molar-refractivity contribution < 1.29 is 4.79 Å². The highest BCUT2D eigenvalue weighted by Gasteiger charge is 2.31. The van der Waals surface area contributed by atoms with Gasteiger partial charge in [-0.2, -0.15) is 0 Å². The third-order valence-corrected chi connectivity index (χ3v) is 4.34. The number of likely N-dealkylation sites (N-methyl/N-ethyl adjacent to an activating group) is 1. The number of hydrogen-bond acceptors (Lipinski definition) is 2. The summed E-state index contributed by atoms with van der Waals surface area (Å²) in [4.78, 5) is 15.8. The molecule has 0 aromatic carbocycles. The summed E-state index contributed by atoms with van der Waals surface area (Å²) >= 11 is 0. The van der Waals surface area contributed by atoms with E-state index in [-0.39, 0.29) is 6.03 Å². The fourth-order valence-corrected chi connectivity index (χ4v) is 3.18. The second-order valence-electron chi connectivity index (χ2n) is 5.76. The van der Waals surface area contributed by atoms with E-state index < -0.39 is 0 Å². The van der Waals surface area contributed by atoms with Crippen LogP contribution in [-0.2, 0) is 0 Å². The molecule has 18 heavy (non-hydrogen) atoms. The lowest BCUT2D eigenvalue weighted by Gasteiger charge is -2.29. The molecule has 1 aliphatic carbocycles. The molecule has 1 atom stereocenters. The SMILES string of the molecule is CCCNC(CN1CCN(C)C1=O)C1CCCC1. The number of amides is 2. The summed E-state index contributed by atoms with van der Waals surface area (Å²) in [7, 11) is 1.90. The molecule has 2 amide bonds. The van der Waals surface area contributed by atoms with E-state index in [4.69, 9.17) is 0 Å². The van der Waals surface area contributed by atoms with Crippen LogP contribution in [0.15, 0.2) is 0 Å². The first kappa shape index (κ1) is 13.7. The van der Waals surface area contributed by atoms with Crippen LogP contribution in [0.2, 0.25) is 0 Å². The average molecular weight is 253 g/mol. The summed E-state index contributed by atoms with van der Waals surface area (Å²) in [6.07, 6.45) is 6.56. The van der Waals surface area contributed by atoms with Crippen molar-refractivity contribution in [2.75, 3.05) is 33.2 Å². The molecule has 1 unspecified atom stereocenters. The second-order valence-corrected chi connectivity index (χ2v) is 5.76. The average Bonchev–Trinajstić information content (AvgIpc) is 2.99. The predicted octanol–water partition coefficient (Wildman–Crippen LogP) is 1.91. The maximum atomic E-state index is 12.0.